The van der Waals surface area contributed by atoms with Crippen LogP contribution in [0.1, 0.15) is 23.3 Å². The van der Waals surface area contributed by atoms with Crippen LogP contribution in [0.2, 0.25) is 0 Å². The summed E-state index contributed by atoms with van der Waals surface area (Å²) in [6.45, 7) is 3.05. The molecular weight excluding hydrogens is 368 g/mol. The Labute approximate surface area is 167 Å². The monoisotopic (exact) mass is 390 g/mol. The molecule has 0 radical (unpaired) electrons. The number of hydrogen-bond donors (Lipinski definition) is 1. The van der Waals surface area contributed by atoms with Gasteiger partial charge in [0, 0.05) is 25.0 Å². The lowest BCUT2D eigenvalue weighted by Crippen LogP contribution is -2.22. The average molecular weight is 390 g/mol. The number of benzene rings is 2. The van der Waals surface area contributed by atoms with Gasteiger partial charge in [-0.05, 0) is 31.2 Å². The van der Waals surface area contributed by atoms with Gasteiger partial charge in [0.25, 0.3) is 0 Å². The molecule has 5 rings (SSSR count). The molecule has 0 fully saturated rings. The molecule has 7 nitrogen and oxygen atoms in total. The van der Waals surface area contributed by atoms with E-state index >= 15 is 0 Å². The Kier molecular flexibility index (Phi) is 3.81. The molecule has 1 atom stereocenters. The molecule has 1 aliphatic rings. The first-order valence-electron chi connectivity index (χ1n) is 9.54. The molecule has 0 bridgehead atoms. The number of anilines is 1. The summed E-state index contributed by atoms with van der Waals surface area (Å²) >= 11 is 0. The first-order chi connectivity index (χ1) is 14.0. The van der Waals surface area contributed by atoms with Gasteiger partial charge in [0.05, 0.1) is 42.2 Å². The zero-order valence-corrected chi connectivity index (χ0v) is 16.8. The van der Waals surface area contributed by atoms with Gasteiger partial charge in [-0.1, -0.05) is 12.1 Å². The zero-order valence-electron chi connectivity index (χ0n) is 16.8. The number of nitrogens with one attached hydrogen (secondary N) is 1. The fourth-order valence-corrected chi connectivity index (χ4v) is 4.34. The number of para-hydroxylation sites is 1. The second kappa shape index (κ2) is 6.27. The molecule has 0 saturated carbocycles. The number of imidazole rings is 1. The Morgan fingerprint density at radius 2 is 2.03 bits per heavy atom. The van der Waals surface area contributed by atoms with E-state index in [1.54, 1.807) is 19.2 Å². The van der Waals surface area contributed by atoms with Crippen LogP contribution >= 0.6 is 0 Å². The summed E-state index contributed by atoms with van der Waals surface area (Å²) in [6, 6.07) is 12.2. The molecule has 2 aromatic carbocycles. The van der Waals surface area contributed by atoms with Gasteiger partial charge in [-0.25, -0.2) is 9.78 Å². The van der Waals surface area contributed by atoms with E-state index in [2.05, 4.69) is 41.1 Å². The molecule has 29 heavy (non-hydrogen) atoms. The van der Waals surface area contributed by atoms with Crippen LogP contribution in [0.4, 0.5) is 5.69 Å². The number of carbonyl (C=O) groups excluding carboxylic acids is 1. The van der Waals surface area contributed by atoms with Crippen molar-refractivity contribution in [3.05, 3.63) is 42.0 Å². The van der Waals surface area contributed by atoms with Crippen molar-refractivity contribution in [2.75, 3.05) is 26.1 Å². The van der Waals surface area contributed by atoms with Gasteiger partial charge in [-0.2, -0.15) is 0 Å². The third-order valence-corrected chi connectivity index (χ3v) is 5.69. The second-order valence-corrected chi connectivity index (χ2v) is 7.41. The van der Waals surface area contributed by atoms with Crippen molar-refractivity contribution in [2.24, 2.45) is 7.05 Å². The lowest BCUT2D eigenvalue weighted by molar-refractivity contribution is 0.0600. The normalized spacial score (nSPS) is 15.5. The zero-order chi connectivity index (χ0) is 20.3. The minimum atomic E-state index is -0.412. The van der Waals surface area contributed by atoms with Crippen molar-refractivity contribution < 1.29 is 14.3 Å². The third-order valence-electron chi connectivity index (χ3n) is 5.69. The number of fused-ring (bicyclic) bond motifs is 1. The fraction of sp³-hybridized carbons (Fsp3) is 0.273. The first kappa shape index (κ1) is 17.6. The largest absolute Gasteiger partial charge is 0.494 e. The van der Waals surface area contributed by atoms with Crippen LogP contribution in [0.3, 0.4) is 0 Å². The van der Waals surface area contributed by atoms with Crippen molar-refractivity contribution in [2.45, 2.75) is 13.0 Å². The van der Waals surface area contributed by atoms with Gasteiger partial charge in [0.1, 0.15) is 11.3 Å². The number of aryl methyl sites for hydroxylation is 1. The molecule has 0 saturated heterocycles. The van der Waals surface area contributed by atoms with Crippen molar-refractivity contribution in [1.82, 2.24) is 14.1 Å². The third kappa shape index (κ3) is 2.43. The van der Waals surface area contributed by atoms with E-state index < -0.39 is 5.97 Å². The summed E-state index contributed by atoms with van der Waals surface area (Å²) < 4.78 is 14.8. The van der Waals surface area contributed by atoms with Crippen LogP contribution in [0.25, 0.3) is 33.5 Å². The van der Waals surface area contributed by atoms with Crippen molar-refractivity contribution in [3.8, 4) is 17.3 Å². The lowest BCUT2D eigenvalue weighted by atomic mass is 10.1. The summed E-state index contributed by atoms with van der Waals surface area (Å²) in [5.41, 5.74) is 5.33. The molecular formula is C22H22N4O3. The molecule has 0 spiro atoms. The number of esters is 1. The molecule has 4 aromatic rings. The highest BCUT2D eigenvalue weighted by Gasteiger charge is 2.25. The van der Waals surface area contributed by atoms with Crippen LogP contribution in [-0.4, -0.2) is 40.9 Å². The number of rotatable bonds is 3. The highest BCUT2D eigenvalue weighted by Crippen LogP contribution is 2.39. The minimum Gasteiger partial charge on any atom is -0.494 e. The molecule has 1 aliphatic heterocycles. The molecule has 1 N–H and O–H groups in total. The fourth-order valence-electron chi connectivity index (χ4n) is 4.34. The predicted molar refractivity (Wildman–Crippen MR) is 113 cm³/mol. The van der Waals surface area contributed by atoms with Crippen LogP contribution in [-0.2, 0) is 11.8 Å². The quantitative estimate of drug-likeness (QED) is 0.536. The van der Waals surface area contributed by atoms with Gasteiger partial charge in [-0.15, -0.1) is 0 Å². The predicted octanol–water partition coefficient (Wildman–Crippen LogP) is 3.98. The van der Waals surface area contributed by atoms with Crippen molar-refractivity contribution >= 4 is 33.6 Å². The smallest absolute Gasteiger partial charge is 0.338 e. The Morgan fingerprint density at radius 3 is 2.79 bits per heavy atom. The minimum absolute atomic E-state index is 0.282. The second-order valence-electron chi connectivity index (χ2n) is 7.41. The highest BCUT2D eigenvalue weighted by atomic mass is 16.5. The molecule has 3 heterocycles. The van der Waals surface area contributed by atoms with Crippen molar-refractivity contribution in [1.29, 1.82) is 0 Å². The number of ether oxygens (including phenoxy) is 2. The molecule has 148 valence electrons. The Morgan fingerprint density at radius 1 is 1.21 bits per heavy atom. The maximum absolute atomic E-state index is 12.1. The average Bonchev–Trinajstić information content (AvgIpc) is 3.29. The Bertz CT molecular complexity index is 1280. The van der Waals surface area contributed by atoms with Crippen LogP contribution in [0.5, 0.6) is 5.75 Å². The topological polar surface area (TPSA) is 70.3 Å². The number of methoxy groups -OCH3 is 2. The van der Waals surface area contributed by atoms with Gasteiger partial charge in [0.15, 0.2) is 5.82 Å². The Balaban J connectivity index is 1.81. The summed E-state index contributed by atoms with van der Waals surface area (Å²) in [7, 11) is 4.94. The number of nitrogens with zero attached hydrogens (tertiary/aromatic N) is 3. The highest BCUT2D eigenvalue weighted by molar-refractivity contribution is 5.99. The SMILES string of the molecule is COC(=O)c1cc(OC)c2c(c1)nc(-c1cc3cccc4c3n1C(C)CN4)n2C. The van der Waals surface area contributed by atoms with Gasteiger partial charge in [-0.3, -0.25) is 0 Å². The van der Waals surface area contributed by atoms with Crippen LogP contribution in [0, 0.1) is 0 Å². The summed E-state index contributed by atoms with van der Waals surface area (Å²) in [6.07, 6.45) is 0. The van der Waals surface area contributed by atoms with E-state index in [1.807, 2.05) is 11.6 Å². The molecule has 0 aliphatic carbocycles. The lowest BCUT2D eigenvalue weighted by Gasteiger charge is -2.26. The number of hydrogen-bond acceptors (Lipinski definition) is 5. The van der Waals surface area contributed by atoms with Gasteiger partial charge in [0.2, 0.25) is 0 Å². The van der Waals surface area contributed by atoms with E-state index in [1.165, 1.54) is 18.0 Å². The first-order valence-corrected chi connectivity index (χ1v) is 9.54. The molecule has 2 aromatic heterocycles. The summed E-state index contributed by atoms with van der Waals surface area (Å²) in [5.74, 6) is 1.01. The summed E-state index contributed by atoms with van der Waals surface area (Å²) in [5, 5.41) is 4.68. The molecule has 1 unspecified atom stereocenters. The van der Waals surface area contributed by atoms with E-state index in [9.17, 15) is 4.79 Å². The van der Waals surface area contributed by atoms with E-state index in [-0.39, 0.29) is 6.04 Å². The maximum Gasteiger partial charge on any atom is 0.338 e. The number of carbonyl (C=O) groups is 1. The van der Waals surface area contributed by atoms with Crippen molar-refractivity contribution in [3.63, 3.8) is 0 Å². The molecule has 0 amide bonds. The number of aromatic nitrogens is 3. The van der Waals surface area contributed by atoms with E-state index in [0.29, 0.717) is 16.8 Å². The van der Waals surface area contributed by atoms with Gasteiger partial charge < -0.3 is 23.9 Å². The van der Waals surface area contributed by atoms with Crippen LogP contribution in [0.15, 0.2) is 36.4 Å². The van der Waals surface area contributed by atoms with Gasteiger partial charge >= 0.3 is 5.97 Å². The van der Waals surface area contributed by atoms with E-state index in [0.717, 1.165) is 29.3 Å². The van der Waals surface area contributed by atoms with E-state index in [4.69, 9.17) is 14.5 Å². The summed E-state index contributed by atoms with van der Waals surface area (Å²) in [4.78, 5) is 17.0. The van der Waals surface area contributed by atoms with Crippen LogP contribution < -0.4 is 10.1 Å². The molecule has 7 heteroatoms. The Hall–Kier alpha value is -3.48. The maximum atomic E-state index is 12.1. The standard InChI is InChI=1S/C22H22N4O3/c1-12-11-23-15-7-5-6-13-9-17(26(12)19(13)15)21-24-16-8-14(22(27)29-4)10-18(28-3)20(16)25(21)2/h5-10,12,23H,11H2,1-4H3.